The lowest BCUT2D eigenvalue weighted by atomic mass is 10.2. The molecule has 0 aromatic heterocycles. The van der Waals surface area contributed by atoms with Gasteiger partial charge in [-0.1, -0.05) is 17.7 Å². The first kappa shape index (κ1) is 11.6. The van der Waals surface area contributed by atoms with Crippen molar-refractivity contribution in [1.82, 2.24) is 5.32 Å². The molecule has 1 aromatic rings. The summed E-state index contributed by atoms with van der Waals surface area (Å²) in [5.41, 5.74) is 1.97. The topological polar surface area (TPSA) is 53.5 Å². The van der Waals surface area contributed by atoms with Gasteiger partial charge in [-0.15, -0.1) is 0 Å². The molecule has 0 atom stereocenters. The number of nitrogens with one attached hydrogen (secondary N) is 2. The van der Waals surface area contributed by atoms with E-state index < -0.39 is 0 Å². The van der Waals surface area contributed by atoms with Crippen LogP contribution in [0.15, 0.2) is 29.3 Å². The number of hydrogen-bond acceptors (Lipinski definition) is 3. The van der Waals surface area contributed by atoms with Crippen LogP contribution in [0.1, 0.15) is 18.4 Å². The molecule has 0 aliphatic carbocycles. The second-order valence-electron chi connectivity index (χ2n) is 4.18. The summed E-state index contributed by atoms with van der Waals surface area (Å²) in [5, 5.41) is 5.89. The molecule has 0 saturated heterocycles. The maximum absolute atomic E-state index is 11.9. The van der Waals surface area contributed by atoms with Crippen LogP contribution in [0.3, 0.4) is 0 Å². The van der Waals surface area contributed by atoms with E-state index in [1.54, 1.807) is 0 Å². The van der Waals surface area contributed by atoms with Gasteiger partial charge in [0, 0.05) is 18.8 Å². The first-order valence-electron chi connectivity index (χ1n) is 5.92. The lowest BCUT2D eigenvalue weighted by Crippen LogP contribution is -2.35. The van der Waals surface area contributed by atoms with Crippen molar-refractivity contribution in [3.8, 4) is 0 Å². The van der Waals surface area contributed by atoms with Crippen LogP contribution in [-0.4, -0.2) is 24.8 Å². The largest absolute Gasteiger partial charge is 0.366 e. The maximum Gasteiger partial charge on any atom is 0.290 e. The molecule has 0 radical (unpaired) electrons. The van der Waals surface area contributed by atoms with Gasteiger partial charge >= 0.3 is 0 Å². The third-order valence-corrected chi connectivity index (χ3v) is 2.67. The van der Waals surface area contributed by atoms with Crippen molar-refractivity contribution in [2.45, 2.75) is 19.8 Å². The van der Waals surface area contributed by atoms with Gasteiger partial charge in [0.2, 0.25) is 0 Å². The Morgan fingerprint density at radius 2 is 2.06 bits per heavy atom. The highest BCUT2D eigenvalue weighted by atomic mass is 16.2. The van der Waals surface area contributed by atoms with Gasteiger partial charge in [-0.25, -0.2) is 0 Å². The zero-order valence-corrected chi connectivity index (χ0v) is 9.99. The summed E-state index contributed by atoms with van der Waals surface area (Å²) in [6.07, 6.45) is 2.10. The first-order valence-corrected chi connectivity index (χ1v) is 5.92. The standard InChI is InChI=1S/C13H17N3O/c1-10-4-6-11(7-5-10)16-13(17)12-14-8-2-3-9-15-12/h4-7H,2-3,8-9H2,1H3,(H,14,15)(H,16,17). The number of carbonyl (C=O) groups is 1. The number of benzene rings is 1. The molecule has 0 bridgehead atoms. The van der Waals surface area contributed by atoms with Crippen molar-refractivity contribution in [2.75, 3.05) is 18.4 Å². The number of amidine groups is 1. The van der Waals surface area contributed by atoms with Crippen molar-refractivity contribution in [2.24, 2.45) is 4.99 Å². The molecule has 90 valence electrons. The number of aliphatic imine (C=N–C) groups is 1. The number of amides is 1. The van der Waals surface area contributed by atoms with Gasteiger partial charge < -0.3 is 10.6 Å². The molecule has 0 spiro atoms. The third kappa shape index (κ3) is 3.31. The molecule has 1 heterocycles. The summed E-state index contributed by atoms with van der Waals surface area (Å²) in [7, 11) is 0. The Morgan fingerprint density at radius 1 is 1.29 bits per heavy atom. The molecule has 2 rings (SSSR count). The van der Waals surface area contributed by atoms with Crippen molar-refractivity contribution in [3.05, 3.63) is 29.8 Å². The maximum atomic E-state index is 11.9. The molecule has 17 heavy (non-hydrogen) atoms. The highest BCUT2D eigenvalue weighted by molar-refractivity contribution is 6.42. The third-order valence-electron chi connectivity index (χ3n) is 2.67. The normalized spacial score (nSPS) is 15.5. The Kier molecular flexibility index (Phi) is 3.75. The molecule has 1 aromatic carbocycles. The summed E-state index contributed by atoms with van der Waals surface area (Å²) in [6, 6.07) is 7.73. The number of aryl methyl sites for hydroxylation is 1. The zero-order valence-electron chi connectivity index (χ0n) is 9.99. The predicted molar refractivity (Wildman–Crippen MR) is 69.3 cm³/mol. The molecule has 4 nitrogen and oxygen atoms in total. The number of carbonyl (C=O) groups excluding carboxylic acids is 1. The minimum absolute atomic E-state index is 0.157. The van der Waals surface area contributed by atoms with Gasteiger partial charge in [-0.2, -0.15) is 0 Å². The SMILES string of the molecule is Cc1ccc(NC(=O)C2=NCCCCN2)cc1. The van der Waals surface area contributed by atoms with E-state index in [2.05, 4.69) is 15.6 Å². The van der Waals surface area contributed by atoms with E-state index in [4.69, 9.17) is 0 Å². The van der Waals surface area contributed by atoms with Gasteiger partial charge in [-0.3, -0.25) is 9.79 Å². The summed E-state index contributed by atoms with van der Waals surface area (Å²) in [5.74, 6) is 0.291. The molecule has 1 amide bonds. The first-order chi connectivity index (χ1) is 8.25. The van der Waals surface area contributed by atoms with Gasteiger partial charge in [0.25, 0.3) is 5.91 Å². The number of nitrogens with zero attached hydrogens (tertiary/aromatic N) is 1. The molecule has 1 aliphatic rings. The van der Waals surface area contributed by atoms with Crippen molar-refractivity contribution < 1.29 is 4.79 Å². The van der Waals surface area contributed by atoms with E-state index in [1.165, 1.54) is 5.56 Å². The van der Waals surface area contributed by atoms with Crippen LogP contribution in [-0.2, 0) is 4.79 Å². The van der Waals surface area contributed by atoms with Crippen LogP contribution in [0.25, 0.3) is 0 Å². The van der Waals surface area contributed by atoms with Crippen LogP contribution in [0.2, 0.25) is 0 Å². The van der Waals surface area contributed by atoms with Gasteiger partial charge in [-0.05, 0) is 31.9 Å². The molecule has 4 heteroatoms. The van der Waals surface area contributed by atoms with Crippen LogP contribution in [0.4, 0.5) is 5.69 Å². The van der Waals surface area contributed by atoms with Crippen LogP contribution >= 0.6 is 0 Å². The summed E-state index contributed by atoms with van der Waals surface area (Å²) >= 11 is 0. The van der Waals surface area contributed by atoms with Gasteiger partial charge in [0.05, 0.1) is 0 Å². The fourth-order valence-corrected chi connectivity index (χ4v) is 1.67. The van der Waals surface area contributed by atoms with Crippen LogP contribution in [0.5, 0.6) is 0 Å². The Labute approximate surface area is 101 Å². The molecule has 1 aliphatic heterocycles. The van der Waals surface area contributed by atoms with Gasteiger partial charge in [0.1, 0.15) is 0 Å². The van der Waals surface area contributed by atoms with E-state index >= 15 is 0 Å². The second-order valence-corrected chi connectivity index (χ2v) is 4.18. The highest BCUT2D eigenvalue weighted by Crippen LogP contribution is 2.08. The fourth-order valence-electron chi connectivity index (χ4n) is 1.67. The molecular formula is C13H17N3O. The minimum Gasteiger partial charge on any atom is -0.366 e. The predicted octanol–water partition coefficient (Wildman–Crippen LogP) is 1.72. The van der Waals surface area contributed by atoms with Crippen LogP contribution in [0, 0.1) is 6.92 Å². The van der Waals surface area contributed by atoms with E-state index in [0.29, 0.717) is 5.84 Å². The fraction of sp³-hybridized carbons (Fsp3) is 0.385. The number of rotatable bonds is 2. The molecular weight excluding hydrogens is 214 g/mol. The van der Waals surface area contributed by atoms with E-state index in [9.17, 15) is 4.79 Å². The van der Waals surface area contributed by atoms with Crippen LogP contribution < -0.4 is 10.6 Å². The van der Waals surface area contributed by atoms with Crippen molar-refractivity contribution in [3.63, 3.8) is 0 Å². The average Bonchev–Trinajstić information content (AvgIpc) is 2.61. The highest BCUT2D eigenvalue weighted by Gasteiger charge is 2.12. The summed E-state index contributed by atoms with van der Waals surface area (Å²) < 4.78 is 0. The van der Waals surface area contributed by atoms with Crippen molar-refractivity contribution >= 4 is 17.4 Å². The zero-order chi connectivity index (χ0) is 12.1. The average molecular weight is 231 g/mol. The lowest BCUT2D eigenvalue weighted by molar-refractivity contribution is -0.110. The Bertz CT molecular complexity index is 423. The second kappa shape index (κ2) is 5.48. The summed E-state index contributed by atoms with van der Waals surface area (Å²) in [4.78, 5) is 16.1. The number of anilines is 1. The van der Waals surface area contributed by atoms with Gasteiger partial charge in [0.15, 0.2) is 5.84 Å². The van der Waals surface area contributed by atoms with E-state index in [1.807, 2.05) is 31.2 Å². The van der Waals surface area contributed by atoms with E-state index in [-0.39, 0.29) is 5.91 Å². The van der Waals surface area contributed by atoms with E-state index in [0.717, 1.165) is 31.6 Å². The molecule has 0 fully saturated rings. The molecule has 2 N–H and O–H groups in total. The number of hydrogen-bond donors (Lipinski definition) is 2. The smallest absolute Gasteiger partial charge is 0.290 e. The molecule has 0 unspecified atom stereocenters. The monoisotopic (exact) mass is 231 g/mol. The Hall–Kier alpha value is -1.84. The minimum atomic E-state index is -0.157. The Balaban J connectivity index is 2.00. The lowest BCUT2D eigenvalue weighted by Gasteiger charge is -2.08. The Morgan fingerprint density at radius 3 is 2.82 bits per heavy atom. The quantitative estimate of drug-likeness (QED) is 0.814. The van der Waals surface area contributed by atoms with Crippen molar-refractivity contribution in [1.29, 1.82) is 0 Å². The molecule has 0 saturated carbocycles. The summed E-state index contributed by atoms with van der Waals surface area (Å²) in [6.45, 7) is 3.56.